The predicted molar refractivity (Wildman–Crippen MR) is 122 cm³/mol. The van der Waals surface area contributed by atoms with Gasteiger partial charge in [-0.1, -0.05) is 70.2 Å². The number of hydrogen-bond donors (Lipinski definition) is 0. The van der Waals surface area contributed by atoms with Crippen molar-refractivity contribution in [1.29, 1.82) is 0 Å². The molecule has 3 aliphatic heterocycles. The van der Waals surface area contributed by atoms with Gasteiger partial charge in [0.15, 0.2) is 0 Å². The van der Waals surface area contributed by atoms with Gasteiger partial charge in [0.25, 0.3) is 0 Å². The lowest BCUT2D eigenvalue weighted by Crippen LogP contribution is -2.40. The van der Waals surface area contributed by atoms with Crippen LogP contribution in [-0.4, -0.2) is 29.7 Å². The van der Waals surface area contributed by atoms with Gasteiger partial charge in [-0.25, -0.2) is 0 Å². The summed E-state index contributed by atoms with van der Waals surface area (Å²) in [5.74, 6) is 2.06. The van der Waals surface area contributed by atoms with Crippen LogP contribution in [0.15, 0.2) is 41.5 Å². The first kappa shape index (κ1) is 20.7. The minimum absolute atomic E-state index is 0.0157. The summed E-state index contributed by atoms with van der Waals surface area (Å²) in [6, 6.07) is 10.9. The summed E-state index contributed by atoms with van der Waals surface area (Å²) in [4.78, 5) is 13.1. The van der Waals surface area contributed by atoms with Crippen LogP contribution in [0.1, 0.15) is 53.9 Å². The highest BCUT2D eigenvalue weighted by Crippen LogP contribution is 2.71. The average molecular weight is 427 g/mol. The summed E-state index contributed by atoms with van der Waals surface area (Å²) in [6.45, 7) is 11.5. The van der Waals surface area contributed by atoms with Gasteiger partial charge in [0, 0.05) is 17.2 Å². The zero-order valence-corrected chi connectivity index (χ0v) is 19.8. The maximum atomic E-state index is 13.1. The number of carbonyl (C=O) groups is 1. The number of fused-ring (bicyclic) bond motifs is 5. The van der Waals surface area contributed by atoms with Crippen molar-refractivity contribution in [3.63, 3.8) is 0 Å². The van der Waals surface area contributed by atoms with Gasteiger partial charge in [0.1, 0.15) is 0 Å². The fraction of sp³-hybridized carbons (Fsp3) is 0.654. The number of benzene rings is 1. The van der Waals surface area contributed by atoms with Gasteiger partial charge >= 0.3 is 5.97 Å². The summed E-state index contributed by atoms with van der Waals surface area (Å²) < 4.78 is 12.7. The molecule has 5 rings (SSSR count). The smallest absolute Gasteiger partial charge is 0.312 e. The van der Waals surface area contributed by atoms with Crippen LogP contribution in [0, 0.1) is 29.6 Å². The minimum atomic E-state index is -0.426. The quantitative estimate of drug-likeness (QED) is 0.363. The molecule has 1 aliphatic carbocycles. The molecule has 3 nitrogen and oxygen atoms in total. The molecule has 0 amide bonds. The Morgan fingerprint density at radius 1 is 1.07 bits per heavy atom. The predicted octanol–water partition coefficient (Wildman–Crippen LogP) is 5.49. The summed E-state index contributed by atoms with van der Waals surface area (Å²) in [6.07, 6.45) is 3.37. The van der Waals surface area contributed by atoms with Crippen LogP contribution in [-0.2, 0) is 14.3 Å². The van der Waals surface area contributed by atoms with Crippen molar-refractivity contribution in [2.75, 3.05) is 0 Å². The highest BCUT2D eigenvalue weighted by atomic mass is 31.1. The van der Waals surface area contributed by atoms with Crippen molar-refractivity contribution in [3.05, 3.63) is 41.5 Å². The molecule has 0 radical (unpaired) electrons. The number of hydrogen-bond acceptors (Lipinski definition) is 3. The van der Waals surface area contributed by atoms with Crippen molar-refractivity contribution >= 4 is 19.2 Å². The Morgan fingerprint density at radius 3 is 2.47 bits per heavy atom. The maximum Gasteiger partial charge on any atom is 0.312 e. The molecule has 2 bridgehead atoms. The van der Waals surface area contributed by atoms with E-state index in [4.69, 9.17) is 9.47 Å². The van der Waals surface area contributed by atoms with Gasteiger partial charge in [0.2, 0.25) is 6.29 Å². The Hall–Kier alpha value is -1.18. The van der Waals surface area contributed by atoms with E-state index in [2.05, 4.69) is 65.0 Å². The van der Waals surface area contributed by atoms with Crippen LogP contribution in [0.5, 0.6) is 0 Å². The Labute approximate surface area is 182 Å². The van der Waals surface area contributed by atoms with Crippen LogP contribution in [0.25, 0.3) is 0 Å². The number of cyclic esters (lactones) is 1. The lowest BCUT2D eigenvalue weighted by Gasteiger charge is -2.39. The molecule has 1 saturated carbocycles. The monoisotopic (exact) mass is 426 g/mol. The molecule has 0 aromatic heterocycles. The van der Waals surface area contributed by atoms with E-state index in [0.717, 1.165) is 12.3 Å². The molecule has 1 aromatic rings. The molecule has 2 saturated heterocycles. The zero-order valence-electron chi connectivity index (χ0n) is 18.9. The van der Waals surface area contributed by atoms with Crippen molar-refractivity contribution in [2.24, 2.45) is 29.6 Å². The molecule has 0 N–H and O–H groups in total. The molecule has 2 unspecified atom stereocenters. The first-order chi connectivity index (χ1) is 14.4. The van der Waals surface area contributed by atoms with E-state index in [9.17, 15) is 4.79 Å². The second-order valence-electron chi connectivity index (χ2n) is 10.4. The molecule has 3 fully saturated rings. The highest BCUT2D eigenvalue weighted by Gasteiger charge is 2.66. The van der Waals surface area contributed by atoms with Gasteiger partial charge in [0.05, 0.1) is 12.0 Å². The number of esters is 1. The van der Waals surface area contributed by atoms with E-state index >= 15 is 0 Å². The van der Waals surface area contributed by atoms with Crippen LogP contribution >= 0.6 is 7.92 Å². The number of carbonyl (C=O) groups excluding carboxylic acids is 1. The highest BCUT2D eigenvalue weighted by molar-refractivity contribution is 7.68. The van der Waals surface area contributed by atoms with Crippen LogP contribution < -0.4 is 5.30 Å². The molecule has 4 heteroatoms. The lowest BCUT2D eigenvalue weighted by molar-refractivity contribution is -0.194. The fourth-order valence-corrected chi connectivity index (χ4v) is 10.8. The van der Waals surface area contributed by atoms with Crippen molar-refractivity contribution < 1.29 is 14.3 Å². The molecule has 9 atom stereocenters. The third kappa shape index (κ3) is 3.11. The van der Waals surface area contributed by atoms with Crippen molar-refractivity contribution in [3.8, 4) is 0 Å². The fourth-order valence-electron chi connectivity index (χ4n) is 6.74. The standard InChI is InChI=1S/C26H35O3P/c1-14(2)19-13-15(3)11-12-20(19)28-26-22-21(25(27)29-26)23-16(4)17(5)24(22)30(23)18-9-7-6-8-10-18/h6-10,14-15,19-24,26H,11-13H2,1-5H3/t15-,19-,20?,21+,22-,23+,24-,26+,30?/m0/s1. The summed E-state index contributed by atoms with van der Waals surface area (Å²) in [5.41, 5.74) is 3.65. The molecule has 3 heterocycles. The largest absolute Gasteiger partial charge is 0.435 e. The summed E-state index contributed by atoms with van der Waals surface area (Å²) >= 11 is 0. The lowest BCUT2D eigenvalue weighted by atomic mass is 9.74. The van der Waals surface area contributed by atoms with Gasteiger partial charge < -0.3 is 9.47 Å². The second kappa shape index (κ2) is 7.75. The number of rotatable bonds is 4. The average Bonchev–Trinajstić information content (AvgIpc) is 3.32. The topological polar surface area (TPSA) is 35.5 Å². The first-order valence-electron chi connectivity index (χ1n) is 11.7. The van der Waals surface area contributed by atoms with E-state index in [0.29, 0.717) is 23.2 Å². The van der Waals surface area contributed by atoms with Gasteiger partial charge in [-0.2, -0.15) is 0 Å². The van der Waals surface area contributed by atoms with Gasteiger partial charge in [-0.3, -0.25) is 4.79 Å². The first-order valence-corrected chi connectivity index (χ1v) is 13.2. The van der Waals surface area contributed by atoms with Crippen LogP contribution in [0.2, 0.25) is 0 Å². The SMILES string of the molecule is CC1=C(C)[C@H]2[C@H]3[C@H](OC4CC[C@H](C)C[C@H]4C(C)C)OC(=O)[C@H]3[C@@H]1P2c1ccccc1. The molecule has 0 spiro atoms. The van der Waals surface area contributed by atoms with E-state index < -0.39 is 7.92 Å². The van der Waals surface area contributed by atoms with E-state index in [1.165, 1.54) is 29.3 Å². The summed E-state index contributed by atoms with van der Waals surface area (Å²) in [7, 11) is -0.426. The summed E-state index contributed by atoms with van der Waals surface area (Å²) in [5, 5.41) is 1.42. The zero-order chi connectivity index (χ0) is 21.2. The number of ether oxygens (including phenoxy) is 2. The number of allylic oxidation sites excluding steroid dienone is 2. The third-order valence-corrected chi connectivity index (χ3v) is 11.9. The molecule has 1 aromatic carbocycles. The van der Waals surface area contributed by atoms with Gasteiger partial charge in [-0.15, -0.1) is 0 Å². The van der Waals surface area contributed by atoms with Crippen molar-refractivity contribution in [1.82, 2.24) is 0 Å². The third-order valence-electron chi connectivity index (χ3n) is 8.36. The molecule has 30 heavy (non-hydrogen) atoms. The van der Waals surface area contributed by atoms with Crippen LogP contribution in [0.3, 0.4) is 0 Å². The van der Waals surface area contributed by atoms with E-state index in [1.807, 2.05) is 0 Å². The Morgan fingerprint density at radius 2 is 1.77 bits per heavy atom. The maximum absolute atomic E-state index is 13.1. The molecular weight excluding hydrogens is 391 g/mol. The van der Waals surface area contributed by atoms with E-state index in [1.54, 1.807) is 0 Å². The van der Waals surface area contributed by atoms with Crippen molar-refractivity contribution in [2.45, 2.75) is 77.6 Å². The molecular formula is C26H35O3P. The van der Waals surface area contributed by atoms with Crippen LogP contribution in [0.4, 0.5) is 0 Å². The molecule has 162 valence electrons. The minimum Gasteiger partial charge on any atom is -0.435 e. The second-order valence-corrected chi connectivity index (χ2v) is 12.9. The van der Waals surface area contributed by atoms with E-state index in [-0.39, 0.29) is 30.2 Å². The van der Waals surface area contributed by atoms with Gasteiger partial charge in [-0.05, 0) is 56.2 Å². The normalized spacial score (nSPS) is 42.7. The Balaban J connectivity index is 1.44. The Bertz CT molecular complexity index is 847. The molecule has 4 aliphatic rings. The Kier molecular flexibility index (Phi) is 5.35.